The molecule has 0 amide bonds. The Balaban J connectivity index is 0.000000228. The van der Waals surface area contributed by atoms with Crippen molar-refractivity contribution in [2.24, 2.45) is 0 Å². The number of furan rings is 1. The summed E-state index contributed by atoms with van der Waals surface area (Å²) in [7, 11) is -1.60. The summed E-state index contributed by atoms with van der Waals surface area (Å²) in [6.07, 6.45) is 5.62. The third-order valence-electron chi connectivity index (χ3n) is 7.35. The zero-order valence-corrected chi connectivity index (χ0v) is 29.0. The quantitative estimate of drug-likeness (QED) is 0.134. The van der Waals surface area contributed by atoms with E-state index in [1.165, 1.54) is 21.9 Å². The van der Waals surface area contributed by atoms with E-state index in [0.717, 1.165) is 44.6 Å². The van der Waals surface area contributed by atoms with Gasteiger partial charge in [0, 0.05) is 46.8 Å². The molecule has 0 spiro atoms. The Morgan fingerprint density at radius 1 is 0.810 bits per heavy atom. The van der Waals surface area contributed by atoms with E-state index in [-0.39, 0.29) is 25.5 Å². The van der Waals surface area contributed by atoms with Gasteiger partial charge in [-0.05, 0) is 65.4 Å². The summed E-state index contributed by atoms with van der Waals surface area (Å²) < 4.78 is 6.29. The number of hydrogen-bond donors (Lipinski definition) is 0. The molecule has 4 aromatic heterocycles. The Morgan fingerprint density at radius 3 is 2.26 bits per heavy atom. The molecule has 6 heteroatoms. The van der Waals surface area contributed by atoms with Crippen LogP contribution in [0.25, 0.3) is 44.6 Å². The molecule has 0 aliphatic rings. The molecule has 4 nitrogen and oxygen atoms in total. The summed E-state index contributed by atoms with van der Waals surface area (Å²) in [5.41, 5.74) is 10.3. The smallest absolute Gasteiger partial charge is 0.139 e. The van der Waals surface area contributed by atoms with Gasteiger partial charge in [0.2, 0.25) is 0 Å². The van der Waals surface area contributed by atoms with Crippen molar-refractivity contribution in [2.45, 2.75) is 59.7 Å². The molecule has 0 unspecified atom stereocenters. The Bertz CT molecular complexity index is 1830. The molecule has 0 aliphatic carbocycles. The number of hydrogen-bond acceptors (Lipinski definition) is 4. The number of nitrogens with zero attached hydrogens (tertiary/aromatic N) is 3. The van der Waals surface area contributed by atoms with Gasteiger partial charge in [0.15, 0.2) is 0 Å². The van der Waals surface area contributed by atoms with Crippen LogP contribution in [0.1, 0.15) is 37.5 Å². The van der Waals surface area contributed by atoms with Crippen LogP contribution in [0.2, 0.25) is 19.6 Å². The van der Waals surface area contributed by atoms with Gasteiger partial charge in [0.05, 0.1) is 11.1 Å². The monoisotopic (exact) mass is 748 g/mol. The van der Waals surface area contributed by atoms with Gasteiger partial charge < -0.3 is 14.4 Å². The minimum atomic E-state index is -1.60. The van der Waals surface area contributed by atoms with E-state index in [2.05, 4.69) is 106 Å². The fourth-order valence-electron chi connectivity index (χ4n) is 4.78. The van der Waals surface area contributed by atoms with Crippen LogP contribution >= 0.6 is 0 Å². The fourth-order valence-corrected chi connectivity index (χ4v) is 6.26. The summed E-state index contributed by atoms with van der Waals surface area (Å²) >= 11 is 0. The number of aromatic nitrogens is 3. The first kappa shape index (κ1) is 31.5. The van der Waals surface area contributed by atoms with Crippen LogP contribution in [0, 0.1) is 26.0 Å². The van der Waals surface area contributed by atoms with E-state index in [1.54, 1.807) is 0 Å². The SMILES string of the molecule is CC(C)(C)c1ccnc(-c2[c-]cc([Si](C)(C)C)c3c2oc2cccnc23)c1.Cc1cnc(-c2[c-]cccc2)cc1C.[Ir]. The molecule has 0 fully saturated rings. The fraction of sp³-hybridized carbons (Fsp3) is 0.250. The maximum Gasteiger partial charge on any atom is 0.139 e. The van der Waals surface area contributed by atoms with Crippen molar-refractivity contribution in [3.05, 3.63) is 108 Å². The van der Waals surface area contributed by atoms with Crippen molar-refractivity contribution in [1.82, 2.24) is 15.0 Å². The van der Waals surface area contributed by atoms with Crippen molar-refractivity contribution in [3.8, 4) is 22.5 Å². The second-order valence-corrected chi connectivity index (χ2v) is 17.6. The Hall–Kier alpha value is -3.44. The summed E-state index contributed by atoms with van der Waals surface area (Å²) in [5.74, 6) is 0. The number of pyridine rings is 3. The molecule has 4 heterocycles. The van der Waals surface area contributed by atoms with Gasteiger partial charge >= 0.3 is 0 Å². The number of benzene rings is 2. The minimum Gasteiger partial charge on any atom is -0.499 e. The van der Waals surface area contributed by atoms with E-state index in [1.807, 2.05) is 55.0 Å². The zero-order valence-electron chi connectivity index (χ0n) is 25.6. The van der Waals surface area contributed by atoms with Gasteiger partial charge in [-0.3, -0.25) is 4.98 Å². The second-order valence-electron chi connectivity index (χ2n) is 12.6. The number of fused-ring (bicyclic) bond motifs is 3. The average molecular weight is 748 g/mol. The molecule has 0 aliphatic heterocycles. The van der Waals surface area contributed by atoms with Crippen molar-refractivity contribution in [3.63, 3.8) is 0 Å². The largest absolute Gasteiger partial charge is 0.499 e. The summed E-state index contributed by atoms with van der Waals surface area (Å²) in [6.45, 7) is 17.8. The molecule has 0 atom stereocenters. The minimum absolute atomic E-state index is 0. The van der Waals surface area contributed by atoms with Gasteiger partial charge in [-0.15, -0.1) is 53.2 Å². The van der Waals surface area contributed by atoms with Crippen LogP contribution in [0.4, 0.5) is 0 Å². The maximum atomic E-state index is 6.29. The maximum absolute atomic E-state index is 6.29. The molecule has 0 saturated carbocycles. The number of aryl methyl sites for hydroxylation is 2. The molecule has 42 heavy (non-hydrogen) atoms. The zero-order chi connectivity index (χ0) is 29.4. The summed E-state index contributed by atoms with van der Waals surface area (Å²) in [5, 5.41) is 2.45. The first-order chi connectivity index (χ1) is 19.4. The van der Waals surface area contributed by atoms with Crippen molar-refractivity contribution < 1.29 is 24.5 Å². The van der Waals surface area contributed by atoms with Gasteiger partial charge in [0.1, 0.15) is 5.58 Å². The van der Waals surface area contributed by atoms with Crippen LogP contribution in [0.3, 0.4) is 0 Å². The molecule has 0 N–H and O–H groups in total. The normalized spacial score (nSPS) is 11.6. The Kier molecular flexibility index (Phi) is 9.32. The van der Waals surface area contributed by atoms with Gasteiger partial charge in [-0.25, -0.2) is 0 Å². The Labute approximate surface area is 264 Å². The Morgan fingerprint density at radius 2 is 1.60 bits per heavy atom. The predicted molar refractivity (Wildman–Crippen MR) is 173 cm³/mol. The molecule has 6 aromatic rings. The van der Waals surface area contributed by atoms with Crippen LogP contribution in [0.15, 0.2) is 83.7 Å². The van der Waals surface area contributed by atoms with E-state index < -0.39 is 8.07 Å². The van der Waals surface area contributed by atoms with Gasteiger partial charge in [-0.2, -0.15) is 0 Å². The second kappa shape index (κ2) is 12.4. The molecular weight excluding hydrogens is 711 g/mol. The number of rotatable bonds is 3. The molecule has 2 aromatic carbocycles. The van der Waals surface area contributed by atoms with Crippen molar-refractivity contribution in [2.75, 3.05) is 0 Å². The average Bonchev–Trinajstić information content (AvgIpc) is 3.33. The van der Waals surface area contributed by atoms with Gasteiger partial charge in [-0.1, -0.05) is 63.7 Å². The van der Waals surface area contributed by atoms with Crippen LogP contribution < -0.4 is 5.19 Å². The summed E-state index contributed by atoms with van der Waals surface area (Å²) in [6, 6.07) is 26.9. The van der Waals surface area contributed by atoms with E-state index >= 15 is 0 Å². The molecule has 6 rings (SSSR count). The van der Waals surface area contributed by atoms with Crippen LogP contribution in [-0.4, -0.2) is 23.0 Å². The topological polar surface area (TPSA) is 51.8 Å². The molecule has 0 saturated heterocycles. The predicted octanol–water partition coefficient (Wildman–Crippen LogP) is 8.85. The first-order valence-electron chi connectivity index (χ1n) is 14.0. The van der Waals surface area contributed by atoms with E-state index in [9.17, 15) is 0 Å². The summed E-state index contributed by atoms with van der Waals surface area (Å²) in [4.78, 5) is 13.6. The van der Waals surface area contributed by atoms with Crippen LogP contribution in [-0.2, 0) is 25.5 Å². The molecule has 217 valence electrons. The van der Waals surface area contributed by atoms with E-state index in [0.29, 0.717) is 0 Å². The molecule has 0 bridgehead atoms. The molecular formula is C36H37IrN3OSi-2. The standard InChI is InChI=1S/C23H25N2OSi.C13H12N.Ir/c1-23(2,3)15-11-13-24-17(14-15)16-9-10-19(27(4,5)6)20-21-18(26-22(16)20)8-7-12-25-21;1-10-8-13(14-9-11(10)2)12-6-4-3-5-7-12;/h7-8,10-14H,1-6H3;3-6,8-9H,1-2H3;/q2*-1;. The third kappa shape index (κ3) is 6.62. The van der Waals surface area contributed by atoms with Crippen molar-refractivity contribution in [1.29, 1.82) is 0 Å². The van der Waals surface area contributed by atoms with Crippen LogP contribution in [0.5, 0.6) is 0 Å². The molecule has 1 radical (unpaired) electrons. The van der Waals surface area contributed by atoms with Gasteiger partial charge in [0.25, 0.3) is 0 Å². The van der Waals surface area contributed by atoms with Crippen molar-refractivity contribution >= 4 is 35.3 Å². The third-order valence-corrected chi connectivity index (χ3v) is 9.36. The van der Waals surface area contributed by atoms with E-state index in [4.69, 9.17) is 4.42 Å². The first-order valence-corrected chi connectivity index (χ1v) is 17.5.